The first kappa shape index (κ1) is 12.5. The molecule has 1 aromatic heterocycles. The van der Waals surface area contributed by atoms with Crippen LogP contribution in [0.5, 0.6) is 0 Å². The summed E-state index contributed by atoms with van der Waals surface area (Å²) in [6.45, 7) is 6.05. The van der Waals surface area contributed by atoms with Crippen molar-refractivity contribution < 1.29 is 10.3 Å². The highest BCUT2D eigenvalue weighted by atomic mass is 19.1. The van der Waals surface area contributed by atoms with E-state index in [0.717, 1.165) is 22.3 Å². The molecule has 1 nitrogen and oxygen atoms in total. The Kier molecular flexibility index (Phi) is 2.95. The second kappa shape index (κ2) is 4.96. The third-order valence-electron chi connectivity index (χ3n) is 4.04. The van der Waals surface area contributed by atoms with Gasteiger partial charge in [-0.1, -0.05) is 17.7 Å². The van der Waals surface area contributed by atoms with E-state index in [0.29, 0.717) is 11.4 Å². The van der Waals surface area contributed by atoms with Crippen LogP contribution in [0.1, 0.15) is 18.2 Å². The SMILES string of the molecule is [2H]c1c(C)[n+](C)c(-c2cc(C)ccc2C)c2ccc(F)cc12. The quantitative estimate of drug-likeness (QED) is 0.582. The van der Waals surface area contributed by atoms with Crippen LogP contribution in [-0.4, -0.2) is 0 Å². The van der Waals surface area contributed by atoms with Crippen molar-refractivity contribution in [3.05, 3.63) is 65.1 Å². The average Bonchev–Trinajstić information content (AvgIpc) is 2.49. The molecule has 2 heteroatoms. The molecule has 0 amide bonds. The van der Waals surface area contributed by atoms with Gasteiger partial charge in [0.1, 0.15) is 12.9 Å². The van der Waals surface area contributed by atoms with Gasteiger partial charge in [-0.05, 0) is 49.1 Å². The molecule has 0 aliphatic carbocycles. The predicted molar refractivity (Wildman–Crippen MR) is 84.7 cm³/mol. The third kappa shape index (κ3) is 2.31. The van der Waals surface area contributed by atoms with Gasteiger partial charge in [0.25, 0.3) is 0 Å². The van der Waals surface area contributed by atoms with Crippen LogP contribution in [0.15, 0.2) is 42.4 Å². The summed E-state index contributed by atoms with van der Waals surface area (Å²) < 4.78 is 24.0. The van der Waals surface area contributed by atoms with Crippen LogP contribution in [0.2, 0.25) is 0 Å². The van der Waals surface area contributed by atoms with Crippen molar-refractivity contribution in [2.75, 3.05) is 0 Å². The van der Waals surface area contributed by atoms with Crippen molar-refractivity contribution in [2.45, 2.75) is 20.8 Å². The van der Waals surface area contributed by atoms with Crippen LogP contribution in [0.4, 0.5) is 4.39 Å². The van der Waals surface area contributed by atoms with Gasteiger partial charge < -0.3 is 0 Å². The first-order valence-electron chi connectivity index (χ1n) is 7.56. The van der Waals surface area contributed by atoms with Gasteiger partial charge in [-0.15, -0.1) is 0 Å². The number of benzene rings is 2. The molecular formula is C19H19FN+. The van der Waals surface area contributed by atoms with Gasteiger partial charge in [-0.25, -0.2) is 4.39 Å². The van der Waals surface area contributed by atoms with Gasteiger partial charge in [0.05, 0.1) is 6.76 Å². The Bertz CT molecular complexity index is 900. The normalized spacial score (nSPS) is 11.8. The van der Waals surface area contributed by atoms with E-state index in [2.05, 4.69) is 32.0 Å². The number of aromatic nitrogens is 1. The highest BCUT2D eigenvalue weighted by Gasteiger charge is 2.19. The van der Waals surface area contributed by atoms with Crippen molar-refractivity contribution in [1.82, 2.24) is 0 Å². The molecule has 0 aliphatic heterocycles. The summed E-state index contributed by atoms with van der Waals surface area (Å²) in [6, 6.07) is 11.4. The largest absolute Gasteiger partial charge is 0.220 e. The first-order chi connectivity index (χ1) is 10.4. The van der Waals surface area contributed by atoms with E-state index < -0.39 is 0 Å². The maximum Gasteiger partial charge on any atom is 0.220 e. The summed E-state index contributed by atoms with van der Waals surface area (Å²) >= 11 is 0. The van der Waals surface area contributed by atoms with Crippen LogP contribution in [0, 0.1) is 26.6 Å². The van der Waals surface area contributed by atoms with E-state index in [4.69, 9.17) is 1.37 Å². The highest BCUT2D eigenvalue weighted by molar-refractivity contribution is 5.94. The number of fused-ring (bicyclic) bond motifs is 1. The first-order valence-corrected chi connectivity index (χ1v) is 7.06. The van der Waals surface area contributed by atoms with Crippen molar-refractivity contribution in [3.63, 3.8) is 0 Å². The van der Waals surface area contributed by atoms with E-state index in [-0.39, 0.29) is 5.82 Å². The lowest BCUT2D eigenvalue weighted by Crippen LogP contribution is -2.35. The summed E-state index contributed by atoms with van der Waals surface area (Å²) in [7, 11) is 1.97. The number of hydrogen-bond acceptors (Lipinski definition) is 0. The fraction of sp³-hybridized carbons (Fsp3) is 0.211. The van der Waals surface area contributed by atoms with Crippen LogP contribution in [0.25, 0.3) is 22.0 Å². The summed E-state index contributed by atoms with van der Waals surface area (Å²) in [6.07, 6.45) is 0. The molecule has 1 heterocycles. The van der Waals surface area contributed by atoms with E-state index in [1.807, 2.05) is 18.5 Å². The van der Waals surface area contributed by atoms with Gasteiger partial charge in [0.15, 0.2) is 5.69 Å². The molecule has 0 radical (unpaired) electrons. The topological polar surface area (TPSA) is 3.88 Å². The summed E-state index contributed by atoms with van der Waals surface area (Å²) in [5.41, 5.74) is 5.34. The molecule has 0 unspecified atom stereocenters. The van der Waals surface area contributed by atoms with Crippen molar-refractivity contribution in [3.8, 4) is 11.3 Å². The molecule has 0 bridgehead atoms. The summed E-state index contributed by atoms with van der Waals surface area (Å²) in [5, 5.41) is 1.57. The average molecular weight is 281 g/mol. The number of halogens is 1. The molecule has 0 saturated carbocycles. The molecule has 0 spiro atoms. The lowest BCUT2D eigenvalue weighted by atomic mass is 9.97. The number of aryl methyl sites for hydroxylation is 2. The van der Waals surface area contributed by atoms with Gasteiger partial charge in [-0.3, -0.25) is 0 Å². The molecule has 2 aromatic carbocycles. The maximum atomic E-state index is 13.6. The zero-order valence-electron chi connectivity index (χ0n) is 13.8. The van der Waals surface area contributed by atoms with Crippen molar-refractivity contribution in [1.29, 1.82) is 0 Å². The zero-order valence-corrected chi connectivity index (χ0v) is 12.8. The molecular weight excluding hydrogens is 261 g/mol. The molecule has 0 saturated heterocycles. The fourth-order valence-corrected chi connectivity index (χ4v) is 2.77. The molecule has 3 aromatic rings. The van der Waals surface area contributed by atoms with Crippen LogP contribution in [0.3, 0.4) is 0 Å². The molecule has 0 aliphatic rings. The van der Waals surface area contributed by atoms with E-state index >= 15 is 0 Å². The number of rotatable bonds is 1. The molecule has 3 rings (SSSR count). The zero-order chi connectivity index (χ0) is 16.0. The Morgan fingerprint density at radius 3 is 2.57 bits per heavy atom. The maximum absolute atomic E-state index is 13.6. The van der Waals surface area contributed by atoms with Crippen LogP contribution >= 0.6 is 0 Å². The lowest BCUT2D eigenvalue weighted by Gasteiger charge is -2.10. The van der Waals surface area contributed by atoms with Crippen molar-refractivity contribution >= 4 is 10.8 Å². The molecule has 21 heavy (non-hydrogen) atoms. The Balaban J connectivity index is 2.51. The Morgan fingerprint density at radius 1 is 1.05 bits per heavy atom. The number of pyridine rings is 1. The van der Waals surface area contributed by atoms with E-state index in [1.54, 1.807) is 6.07 Å². The van der Waals surface area contributed by atoms with Gasteiger partial charge >= 0.3 is 0 Å². The van der Waals surface area contributed by atoms with Gasteiger partial charge in [-0.2, -0.15) is 4.57 Å². The van der Waals surface area contributed by atoms with Crippen LogP contribution < -0.4 is 4.57 Å². The summed E-state index contributed by atoms with van der Waals surface area (Å²) in [5.74, 6) is -0.304. The number of nitrogens with zero attached hydrogens (tertiary/aromatic N) is 1. The number of hydrogen-bond donors (Lipinski definition) is 0. The molecule has 106 valence electrons. The molecule has 0 atom stereocenters. The Morgan fingerprint density at radius 2 is 1.81 bits per heavy atom. The Hall–Kier alpha value is -2.22. The minimum atomic E-state index is -0.304. The van der Waals surface area contributed by atoms with E-state index in [1.165, 1.54) is 23.3 Å². The lowest BCUT2D eigenvalue weighted by molar-refractivity contribution is -0.665. The molecule has 0 N–H and O–H groups in total. The van der Waals surface area contributed by atoms with Crippen molar-refractivity contribution in [2.24, 2.45) is 7.05 Å². The summed E-state index contributed by atoms with van der Waals surface area (Å²) in [4.78, 5) is 0. The highest BCUT2D eigenvalue weighted by Crippen LogP contribution is 2.29. The minimum absolute atomic E-state index is 0.304. The monoisotopic (exact) mass is 281 g/mol. The smallest absolute Gasteiger partial charge is 0.207 e. The predicted octanol–water partition coefficient (Wildman–Crippen LogP) is 4.40. The second-order valence-electron chi connectivity index (χ2n) is 5.63. The fourth-order valence-electron chi connectivity index (χ4n) is 2.77. The Labute approximate surface area is 126 Å². The van der Waals surface area contributed by atoms with Crippen LogP contribution in [-0.2, 0) is 7.05 Å². The third-order valence-corrected chi connectivity index (χ3v) is 4.04. The van der Waals surface area contributed by atoms with E-state index in [9.17, 15) is 4.39 Å². The van der Waals surface area contributed by atoms with Gasteiger partial charge in [0, 0.05) is 18.5 Å². The molecule has 0 fully saturated rings. The van der Waals surface area contributed by atoms with Gasteiger partial charge in [0.2, 0.25) is 5.69 Å². The second-order valence-corrected chi connectivity index (χ2v) is 5.63. The standard InChI is InChI=1S/C19H19FN/c1-12-5-6-13(2)18(9-12)19-17-8-7-16(20)11-15(17)10-14(3)21(19)4/h5-11H,1-4H3/q+1/i10D. The minimum Gasteiger partial charge on any atom is -0.207 e.